The highest BCUT2D eigenvalue weighted by Crippen LogP contribution is 2.18. The Morgan fingerprint density at radius 2 is 2.19 bits per heavy atom. The van der Waals surface area contributed by atoms with Crippen LogP contribution < -0.4 is 11.1 Å². The Labute approximate surface area is 99.3 Å². The van der Waals surface area contributed by atoms with Crippen LogP contribution in [0.3, 0.4) is 0 Å². The molecule has 3 N–H and O–H groups in total. The molecule has 0 bridgehead atoms. The number of anilines is 2. The van der Waals surface area contributed by atoms with E-state index in [4.69, 9.17) is 5.73 Å². The van der Waals surface area contributed by atoms with Crippen molar-refractivity contribution in [1.82, 2.24) is 4.98 Å². The van der Waals surface area contributed by atoms with Crippen molar-refractivity contribution >= 4 is 22.2 Å². The van der Waals surface area contributed by atoms with Gasteiger partial charge < -0.3 is 11.1 Å². The molecule has 1 heterocycles. The zero-order valence-corrected chi connectivity index (χ0v) is 10.3. The summed E-state index contributed by atoms with van der Waals surface area (Å²) in [5.74, 6) is 0. The molecule has 1 aromatic heterocycles. The van der Waals surface area contributed by atoms with Crippen molar-refractivity contribution in [3.8, 4) is 0 Å². The summed E-state index contributed by atoms with van der Waals surface area (Å²) in [6, 6.07) is 6.37. The predicted molar refractivity (Wildman–Crippen MR) is 69.8 cm³/mol. The number of nitrogens with zero attached hydrogens (tertiary/aromatic N) is 1. The van der Waals surface area contributed by atoms with E-state index in [1.54, 1.807) is 0 Å². The molecule has 0 spiro atoms. The number of hydrogen-bond acceptors (Lipinski definition) is 4. The monoisotopic (exact) mass is 233 g/mol. The quantitative estimate of drug-likeness (QED) is 0.857. The summed E-state index contributed by atoms with van der Waals surface area (Å²) in [7, 11) is 0. The van der Waals surface area contributed by atoms with E-state index in [0.29, 0.717) is 5.13 Å². The van der Waals surface area contributed by atoms with Crippen LogP contribution >= 0.6 is 11.3 Å². The fourth-order valence-electron chi connectivity index (χ4n) is 1.52. The Bertz CT molecular complexity index is 491. The van der Waals surface area contributed by atoms with Gasteiger partial charge in [0.2, 0.25) is 0 Å². The second kappa shape index (κ2) is 4.53. The molecule has 3 nitrogen and oxygen atoms in total. The van der Waals surface area contributed by atoms with Crippen LogP contribution in [-0.2, 0) is 6.54 Å². The largest absolute Gasteiger partial charge is 0.379 e. The van der Waals surface area contributed by atoms with Gasteiger partial charge in [-0.25, -0.2) is 4.98 Å². The molecule has 0 amide bonds. The molecule has 16 heavy (non-hydrogen) atoms. The lowest BCUT2D eigenvalue weighted by atomic mass is 10.1. The molecule has 0 aliphatic rings. The van der Waals surface area contributed by atoms with Crippen LogP contribution in [-0.4, -0.2) is 4.98 Å². The zero-order valence-electron chi connectivity index (χ0n) is 9.45. The van der Waals surface area contributed by atoms with Crippen molar-refractivity contribution in [3.05, 3.63) is 40.4 Å². The maximum absolute atomic E-state index is 5.58. The molecule has 2 rings (SSSR count). The summed E-state index contributed by atoms with van der Waals surface area (Å²) in [6.07, 6.45) is 0. The summed E-state index contributed by atoms with van der Waals surface area (Å²) in [5.41, 5.74) is 10.2. The number of nitrogens with two attached hydrogens (primary N) is 1. The second-order valence-corrected chi connectivity index (χ2v) is 4.74. The van der Waals surface area contributed by atoms with Gasteiger partial charge in [0.05, 0.1) is 12.2 Å². The molecular formula is C12H15N3S. The minimum atomic E-state index is 0.623. The van der Waals surface area contributed by atoms with Crippen LogP contribution in [0.1, 0.15) is 16.8 Å². The van der Waals surface area contributed by atoms with Crippen LogP contribution in [0, 0.1) is 13.8 Å². The van der Waals surface area contributed by atoms with E-state index in [1.165, 1.54) is 22.5 Å². The van der Waals surface area contributed by atoms with E-state index in [0.717, 1.165) is 17.9 Å². The molecule has 0 radical (unpaired) electrons. The summed E-state index contributed by atoms with van der Waals surface area (Å²) in [6.45, 7) is 4.90. The first-order valence-corrected chi connectivity index (χ1v) is 6.04. The van der Waals surface area contributed by atoms with Gasteiger partial charge in [0.1, 0.15) is 0 Å². The van der Waals surface area contributed by atoms with E-state index in [2.05, 4.69) is 42.3 Å². The van der Waals surface area contributed by atoms with Crippen LogP contribution in [0.5, 0.6) is 0 Å². The molecule has 0 atom stereocenters. The van der Waals surface area contributed by atoms with Gasteiger partial charge in [-0.15, -0.1) is 11.3 Å². The van der Waals surface area contributed by atoms with Gasteiger partial charge >= 0.3 is 0 Å². The zero-order chi connectivity index (χ0) is 11.5. The van der Waals surface area contributed by atoms with Crippen LogP contribution in [0.2, 0.25) is 0 Å². The molecule has 0 aliphatic carbocycles. The average molecular weight is 233 g/mol. The van der Waals surface area contributed by atoms with E-state index in [9.17, 15) is 0 Å². The number of nitrogen functional groups attached to an aromatic ring is 1. The lowest BCUT2D eigenvalue weighted by molar-refractivity contribution is 1.07. The van der Waals surface area contributed by atoms with Gasteiger partial charge in [-0.3, -0.25) is 0 Å². The first-order chi connectivity index (χ1) is 7.65. The number of hydrogen-bond donors (Lipinski definition) is 2. The van der Waals surface area contributed by atoms with Crippen molar-refractivity contribution < 1.29 is 0 Å². The number of aromatic nitrogens is 1. The lowest BCUT2D eigenvalue weighted by Gasteiger charge is -2.08. The molecule has 1 aromatic carbocycles. The Morgan fingerprint density at radius 1 is 1.38 bits per heavy atom. The molecule has 2 aromatic rings. The topological polar surface area (TPSA) is 50.9 Å². The number of thiazole rings is 1. The molecule has 84 valence electrons. The fourth-order valence-corrected chi connectivity index (χ4v) is 2.08. The molecule has 0 aliphatic heterocycles. The molecule has 0 saturated heterocycles. The minimum Gasteiger partial charge on any atom is -0.379 e. The lowest BCUT2D eigenvalue weighted by Crippen LogP contribution is -2.01. The third kappa shape index (κ3) is 2.52. The van der Waals surface area contributed by atoms with Gasteiger partial charge in [0, 0.05) is 11.1 Å². The highest BCUT2D eigenvalue weighted by Gasteiger charge is 2.01. The van der Waals surface area contributed by atoms with Gasteiger partial charge in [-0.1, -0.05) is 12.1 Å². The third-order valence-electron chi connectivity index (χ3n) is 2.42. The Hall–Kier alpha value is -1.55. The maximum Gasteiger partial charge on any atom is 0.180 e. The van der Waals surface area contributed by atoms with Crippen molar-refractivity contribution in [1.29, 1.82) is 0 Å². The molecule has 4 heteroatoms. The summed E-state index contributed by atoms with van der Waals surface area (Å²) >= 11 is 1.47. The average Bonchev–Trinajstić information content (AvgIpc) is 2.66. The smallest absolute Gasteiger partial charge is 0.180 e. The highest BCUT2D eigenvalue weighted by molar-refractivity contribution is 7.13. The van der Waals surface area contributed by atoms with Crippen molar-refractivity contribution in [2.24, 2.45) is 0 Å². The molecular weight excluding hydrogens is 218 g/mol. The van der Waals surface area contributed by atoms with Crippen LogP contribution in [0.15, 0.2) is 23.6 Å². The minimum absolute atomic E-state index is 0.623. The standard InChI is InChI=1S/C12H15N3S/c1-8-3-4-9(2)11(5-8)14-6-10-7-16-12(13)15-10/h3-5,7,14H,6H2,1-2H3,(H2,13,15). The van der Waals surface area contributed by atoms with Crippen LogP contribution in [0.25, 0.3) is 0 Å². The maximum atomic E-state index is 5.58. The number of aryl methyl sites for hydroxylation is 2. The summed E-state index contributed by atoms with van der Waals surface area (Å²) < 4.78 is 0. The van der Waals surface area contributed by atoms with Gasteiger partial charge in [-0.05, 0) is 31.0 Å². The molecule has 0 unspecified atom stereocenters. The SMILES string of the molecule is Cc1ccc(C)c(NCc2csc(N)n2)c1. The number of nitrogens with one attached hydrogen (secondary N) is 1. The molecule has 0 fully saturated rings. The van der Waals surface area contributed by atoms with Gasteiger partial charge in [-0.2, -0.15) is 0 Å². The fraction of sp³-hybridized carbons (Fsp3) is 0.250. The van der Waals surface area contributed by atoms with Gasteiger partial charge in [0.25, 0.3) is 0 Å². The van der Waals surface area contributed by atoms with Crippen molar-refractivity contribution in [2.75, 3.05) is 11.1 Å². The highest BCUT2D eigenvalue weighted by atomic mass is 32.1. The summed E-state index contributed by atoms with van der Waals surface area (Å²) in [4.78, 5) is 4.21. The Balaban J connectivity index is 2.07. The van der Waals surface area contributed by atoms with E-state index >= 15 is 0 Å². The van der Waals surface area contributed by atoms with Crippen LogP contribution in [0.4, 0.5) is 10.8 Å². The number of rotatable bonds is 3. The van der Waals surface area contributed by atoms with E-state index in [1.807, 2.05) is 5.38 Å². The summed E-state index contributed by atoms with van der Waals surface area (Å²) in [5, 5.41) is 5.97. The Kier molecular flexibility index (Phi) is 3.10. The second-order valence-electron chi connectivity index (χ2n) is 3.85. The first-order valence-electron chi connectivity index (χ1n) is 5.16. The van der Waals surface area contributed by atoms with E-state index in [-0.39, 0.29) is 0 Å². The predicted octanol–water partition coefficient (Wildman–Crippen LogP) is 2.95. The normalized spacial score (nSPS) is 10.4. The first kappa shape index (κ1) is 11.0. The third-order valence-corrected chi connectivity index (χ3v) is 3.15. The van der Waals surface area contributed by atoms with Crippen molar-refractivity contribution in [3.63, 3.8) is 0 Å². The van der Waals surface area contributed by atoms with Crippen molar-refractivity contribution in [2.45, 2.75) is 20.4 Å². The Morgan fingerprint density at radius 3 is 2.88 bits per heavy atom. The van der Waals surface area contributed by atoms with Gasteiger partial charge in [0.15, 0.2) is 5.13 Å². The van der Waals surface area contributed by atoms with E-state index < -0.39 is 0 Å². The number of benzene rings is 1. The molecule has 0 saturated carbocycles.